The Balaban J connectivity index is 1.46. The van der Waals surface area contributed by atoms with Crippen LogP contribution in [0.1, 0.15) is 33.8 Å². The summed E-state index contributed by atoms with van der Waals surface area (Å²) < 4.78 is 51.4. The molecule has 9 heteroatoms. The molecule has 0 atom stereocenters. The number of furan rings is 1. The van der Waals surface area contributed by atoms with Gasteiger partial charge in [-0.2, -0.15) is 13.2 Å². The highest BCUT2D eigenvalue weighted by Gasteiger charge is 2.30. The predicted octanol–water partition coefficient (Wildman–Crippen LogP) is 4.06. The molecule has 2 aromatic heterocycles. The van der Waals surface area contributed by atoms with E-state index >= 15 is 0 Å². The van der Waals surface area contributed by atoms with Crippen molar-refractivity contribution in [3.8, 4) is 0 Å². The smallest absolute Gasteiger partial charge is 0.416 e. The molecule has 3 heterocycles. The number of nitrogens with zero attached hydrogens (tertiary/aromatic N) is 2. The molecule has 1 amide bonds. The van der Waals surface area contributed by atoms with E-state index in [0.717, 1.165) is 56.9 Å². The summed E-state index contributed by atoms with van der Waals surface area (Å²) in [4.78, 5) is 15.2. The first-order valence-corrected chi connectivity index (χ1v) is 10.7. The van der Waals surface area contributed by atoms with Crippen molar-refractivity contribution >= 4 is 17.0 Å². The van der Waals surface area contributed by atoms with Crippen molar-refractivity contribution in [2.24, 2.45) is 0 Å². The van der Waals surface area contributed by atoms with Crippen LogP contribution in [0.25, 0.3) is 11.1 Å². The molecule has 4 rings (SSSR count). The zero-order valence-electron chi connectivity index (χ0n) is 17.9. The van der Waals surface area contributed by atoms with Gasteiger partial charge in [0.25, 0.3) is 5.91 Å². The number of ether oxygens (including phenoxy) is 1. The Bertz CT molecular complexity index is 1060. The molecule has 0 aliphatic carbocycles. The van der Waals surface area contributed by atoms with Gasteiger partial charge in [-0.05, 0) is 37.6 Å². The number of aromatic nitrogens is 1. The maximum absolute atomic E-state index is 12.9. The third-order valence-electron chi connectivity index (χ3n) is 5.61. The molecule has 0 bridgehead atoms. The number of rotatable bonds is 7. The lowest BCUT2D eigenvalue weighted by molar-refractivity contribution is -0.137. The summed E-state index contributed by atoms with van der Waals surface area (Å²) in [5.74, 6) is 0.469. The molecule has 1 aliphatic heterocycles. The first-order valence-electron chi connectivity index (χ1n) is 10.7. The van der Waals surface area contributed by atoms with E-state index in [0.29, 0.717) is 29.1 Å². The molecule has 32 heavy (non-hydrogen) atoms. The van der Waals surface area contributed by atoms with Crippen LogP contribution in [-0.2, 0) is 17.5 Å². The fraction of sp³-hybridized carbons (Fsp3) is 0.435. The first kappa shape index (κ1) is 22.4. The number of carbonyl (C=O) groups excluding carboxylic acids is 1. The Morgan fingerprint density at radius 3 is 2.53 bits per heavy atom. The Morgan fingerprint density at radius 2 is 1.84 bits per heavy atom. The largest absolute Gasteiger partial charge is 0.460 e. The Kier molecular flexibility index (Phi) is 6.57. The second kappa shape index (κ2) is 9.38. The number of benzene rings is 1. The van der Waals surface area contributed by atoms with Crippen LogP contribution in [0.4, 0.5) is 13.2 Å². The number of halogens is 3. The molecule has 0 radical (unpaired) electrons. The molecular formula is C23H26F3N3O3. The van der Waals surface area contributed by atoms with Gasteiger partial charge in [-0.1, -0.05) is 12.1 Å². The number of morpholine rings is 1. The summed E-state index contributed by atoms with van der Waals surface area (Å²) in [5.41, 5.74) is 1.70. The first-order chi connectivity index (χ1) is 15.3. The van der Waals surface area contributed by atoms with Crippen LogP contribution < -0.4 is 5.32 Å². The lowest BCUT2D eigenvalue weighted by Gasteiger charge is -2.26. The summed E-state index contributed by atoms with van der Waals surface area (Å²) in [6.07, 6.45) is -3.56. The lowest BCUT2D eigenvalue weighted by atomic mass is 10.1. The van der Waals surface area contributed by atoms with E-state index in [2.05, 4.69) is 10.2 Å². The van der Waals surface area contributed by atoms with Gasteiger partial charge in [-0.25, -0.2) is 0 Å². The minimum atomic E-state index is -4.38. The number of nitrogens with one attached hydrogen (secondary N) is 1. The van der Waals surface area contributed by atoms with Crippen molar-refractivity contribution in [3.63, 3.8) is 0 Å². The summed E-state index contributed by atoms with van der Waals surface area (Å²) in [5, 5.41) is 2.95. The lowest BCUT2D eigenvalue weighted by Crippen LogP contribution is -2.38. The van der Waals surface area contributed by atoms with E-state index < -0.39 is 11.7 Å². The standard InChI is InChI=1S/C23H26F3N3O3/c1-16-13-19-21(32-16)14-20(22(30)27-7-2-8-28-9-11-31-12-10-28)29(19)15-17-3-5-18(6-4-17)23(24,25)26/h3-6,13-14H,2,7-12,15H2,1H3,(H,27,30). The Morgan fingerprint density at radius 1 is 1.12 bits per heavy atom. The Hall–Kier alpha value is -2.78. The minimum absolute atomic E-state index is 0.233. The van der Waals surface area contributed by atoms with E-state index in [-0.39, 0.29) is 12.5 Å². The van der Waals surface area contributed by atoms with Gasteiger partial charge in [0.1, 0.15) is 11.5 Å². The average Bonchev–Trinajstić information content (AvgIpc) is 3.28. The third kappa shape index (κ3) is 5.16. The molecule has 6 nitrogen and oxygen atoms in total. The van der Waals surface area contributed by atoms with Crippen molar-refractivity contribution in [1.29, 1.82) is 0 Å². The molecule has 1 N–H and O–H groups in total. The highest BCUT2D eigenvalue weighted by atomic mass is 19.4. The van der Waals surface area contributed by atoms with Crippen molar-refractivity contribution in [2.75, 3.05) is 39.4 Å². The molecule has 3 aromatic rings. The van der Waals surface area contributed by atoms with Crippen LogP contribution in [0.3, 0.4) is 0 Å². The van der Waals surface area contributed by atoms with Gasteiger partial charge in [0.2, 0.25) is 0 Å². The van der Waals surface area contributed by atoms with Gasteiger partial charge in [0.05, 0.1) is 24.3 Å². The van der Waals surface area contributed by atoms with Crippen LogP contribution >= 0.6 is 0 Å². The predicted molar refractivity (Wildman–Crippen MR) is 114 cm³/mol. The summed E-state index contributed by atoms with van der Waals surface area (Å²) >= 11 is 0. The van der Waals surface area contributed by atoms with Gasteiger partial charge < -0.3 is 19.0 Å². The van der Waals surface area contributed by atoms with Crippen molar-refractivity contribution < 1.29 is 27.1 Å². The van der Waals surface area contributed by atoms with Crippen LogP contribution in [-0.4, -0.2) is 54.8 Å². The van der Waals surface area contributed by atoms with E-state index in [1.54, 1.807) is 10.6 Å². The summed E-state index contributed by atoms with van der Waals surface area (Å²) in [6.45, 7) is 6.77. The third-order valence-corrected chi connectivity index (χ3v) is 5.61. The number of carbonyl (C=O) groups is 1. The zero-order valence-corrected chi connectivity index (χ0v) is 17.9. The molecule has 1 aromatic carbocycles. The van der Waals surface area contributed by atoms with Gasteiger partial charge in [0.15, 0.2) is 5.58 Å². The molecule has 1 saturated heterocycles. The molecule has 0 unspecified atom stereocenters. The van der Waals surface area contributed by atoms with E-state index in [4.69, 9.17) is 9.15 Å². The highest BCUT2D eigenvalue weighted by molar-refractivity contribution is 5.97. The SMILES string of the molecule is Cc1cc2c(cc(C(=O)NCCCN3CCOCC3)n2Cc2ccc(C(F)(F)F)cc2)o1. The Labute approximate surface area is 183 Å². The minimum Gasteiger partial charge on any atom is -0.460 e. The molecule has 172 valence electrons. The highest BCUT2D eigenvalue weighted by Crippen LogP contribution is 2.30. The fourth-order valence-electron chi connectivity index (χ4n) is 3.93. The van der Waals surface area contributed by atoms with Crippen molar-refractivity contribution in [3.05, 3.63) is 59.0 Å². The van der Waals surface area contributed by atoms with E-state index in [1.165, 1.54) is 12.1 Å². The second-order valence-electron chi connectivity index (χ2n) is 7.98. The number of alkyl halides is 3. The van der Waals surface area contributed by atoms with Crippen LogP contribution in [0.15, 0.2) is 40.8 Å². The fourth-order valence-corrected chi connectivity index (χ4v) is 3.93. The number of amides is 1. The number of hydrogen-bond acceptors (Lipinski definition) is 4. The summed E-state index contributed by atoms with van der Waals surface area (Å²) in [6, 6.07) is 8.50. The van der Waals surface area contributed by atoms with Crippen molar-refractivity contribution in [1.82, 2.24) is 14.8 Å². The monoisotopic (exact) mass is 449 g/mol. The summed E-state index contributed by atoms with van der Waals surface area (Å²) in [7, 11) is 0. The topological polar surface area (TPSA) is 59.6 Å². The average molecular weight is 449 g/mol. The molecular weight excluding hydrogens is 423 g/mol. The maximum atomic E-state index is 12.9. The van der Waals surface area contributed by atoms with Crippen LogP contribution in [0.2, 0.25) is 0 Å². The molecule has 1 aliphatic rings. The van der Waals surface area contributed by atoms with Gasteiger partial charge in [-0.3, -0.25) is 9.69 Å². The number of aryl methyl sites for hydroxylation is 1. The quantitative estimate of drug-likeness (QED) is 0.553. The van der Waals surface area contributed by atoms with E-state index in [1.807, 2.05) is 13.0 Å². The zero-order chi connectivity index (χ0) is 22.7. The number of hydrogen-bond donors (Lipinski definition) is 1. The van der Waals surface area contributed by atoms with Gasteiger partial charge in [-0.15, -0.1) is 0 Å². The maximum Gasteiger partial charge on any atom is 0.416 e. The molecule has 0 spiro atoms. The molecule has 0 saturated carbocycles. The molecule has 1 fully saturated rings. The van der Waals surface area contributed by atoms with Crippen LogP contribution in [0, 0.1) is 6.92 Å². The van der Waals surface area contributed by atoms with Gasteiger partial charge >= 0.3 is 6.18 Å². The second-order valence-corrected chi connectivity index (χ2v) is 7.98. The van der Waals surface area contributed by atoms with Gasteiger partial charge in [0, 0.05) is 38.3 Å². The van der Waals surface area contributed by atoms with E-state index in [9.17, 15) is 18.0 Å². The van der Waals surface area contributed by atoms with Crippen molar-refractivity contribution in [2.45, 2.75) is 26.1 Å². The van der Waals surface area contributed by atoms with Crippen LogP contribution in [0.5, 0.6) is 0 Å². The normalized spacial score (nSPS) is 15.4. The number of fused-ring (bicyclic) bond motifs is 1.